The van der Waals surface area contributed by atoms with Crippen LogP contribution in [-0.2, 0) is 4.79 Å². The van der Waals surface area contributed by atoms with E-state index in [9.17, 15) is 4.79 Å². The molecule has 0 unspecified atom stereocenters. The number of carbonyl (C=O) groups excluding carboxylic acids is 1. The summed E-state index contributed by atoms with van der Waals surface area (Å²) in [6, 6.07) is 0.303. The second-order valence-electron chi connectivity index (χ2n) is 3.23. The Hall–Kier alpha value is -1.01. The van der Waals surface area contributed by atoms with E-state index in [0.29, 0.717) is 23.5 Å². The number of nitrogens with one attached hydrogen (secondary N) is 2. The minimum atomic E-state index is -0.0881. The van der Waals surface area contributed by atoms with Crippen molar-refractivity contribution < 1.29 is 4.79 Å². The van der Waals surface area contributed by atoms with Crippen LogP contribution < -0.4 is 10.6 Å². The van der Waals surface area contributed by atoms with Crippen LogP contribution in [0.1, 0.15) is 19.7 Å². The molecule has 0 saturated carbocycles. The Morgan fingerprint density at radius 2 is 2.29 bits per heavy atom. The minimum Gasteiger partial charge on any atom is -0.306 e. The molecule has 0 aliphatic carbocycles. The Morgan fingerprint density at radius 3 is 2.79 bits per heavy atom. The maximum Gasteiger partial charge on any atom is 0.240 e. The number of aromatic nitrogens is 2. The molecular formula is C8H14N4OS. The van der Waals surface area contributed by atoms with Gasteiger partial charge in [0.1, 0.15) is 5.82 Å². The van der Waals surface area contributed by atoms with E-state index >= 15 is 0 Å². The summed E-state index contributed by atoms with van der Waals surface area (Å²) in [5, 5.41) is 6.23. The summed E-state index contributed by atoms with van der Waals surface area (Å²) in [6.07, 6.45) is 0. The summed E-state index contributed by atoms with van der Waals surface area (Å²) in [6.45, 7) is 6.07. The van der Waals surface area contributed by atoms with Gasteiger partial charge in [-0.15, -0.1) is 0 Å². The van der Waals surface area contributed by atoms with Crippen molar-refractivity contribution in [2.45, 2.75) is 26.8 Å². The monoisotopic (exact) mass is 214 g/mol. The molecule has 0 radical (unpaired) electrons. The number of hydrogen-bond donors (Lipinski definition) is 2. The molecule has 2 N–H and O–H groups in total. The van der Waals surface area contributed by atoms with Gasteiger partial charge in [-0.1, -0.05) is 13.8 Å². The zero-order valence-corrected chi connectivity index (χ0v) is 9.31. The van der Waals surface area contributed by atoms with Crippen LogP contribution in [-0.4, -0.2) is 27.9 Å². The van der Waals surface area contributed by atoms with Crippen molar-refractivity contribution in [3.05, 3.63) is 5.82 Å². The summed E-state index contributed by atoms with van der Waals surface area (Å²) in [5.41, 5.74) is 0. The summed E-state index contributed by atoms with van der Waals surface area (Å²) in [5.74, 6) is 0.594. The van der Waals surface area contributed by atoms with Crippen molar-refractivity contribution in [2.24, 2.45) is 0 Å². The lowest BCUT2D eigenvalue weighted by atomic mass is 10.4. The molecular weight excluding hydrogens is 200 g/mol. The standard InChI is InChI=1S/C8H14N4OS/c1-5(2)9-4-7(13)11-8-10-6(3)12-14-8/h5,9H,4H2,1-3H3,(H,10,11,12,13). The molecule has 14 heavy (non-hydrogen) atoms. The lowest BCUT2D eigenvalue weighted by Gasteiger charge is -2.06. The fourth-order valence-electron chi connectivity index (χ4n) is 0.808. The van der Waals surface area contributed by atoms with Crippen molar-refractivity contribution in [1.82, 2.24) is 14.7 Å². The highest BCUT2D eigenvalue weighted by Crippen LogP contribution is 2.09. The Kier molecular flexibility index (Phi) is 3.97. The van der Waals surface area contributed by atoms with Crippen molar-refractivity contribution in [1.29, 1.82) is 0 Å². The van der Waals surface area contributed by atoms with Crippen molar-refractivity contribution in [2.75, 3.05) is 11.9 Å². The maximum absolute atomic E-state index is 11.3. The van der Waals surface area contributed by atoms with Crippen LogP contribution in [0.4, 0.5) is 5.13 Å². The average Bonchev–Trinajstić information content (AvgIpc) is 2.48. The number of rotatable bonds is 4. The number of hydrogen-bond acceptors (Lipinski definition) is 5. The summed E-state index contributed by atoms with van der Waals surface area (Å²) in [7, 11) is 0. The first kappa shape index (κ1) is 11.1. The van der Waals surface area contributed by atoms with Crippen LogP contribution >= 0.6 is 11.5 Å². The Morgan fingerprint density at radius 1 is 1.57 bits per heavy atom. The second-order valence-corrected chi connectivity index (χ2v) is 3.98. The van der Waals surface area contributed by atoms with Gasteiger partial charge in [0.05, 0.1) is 6.54 Å². The zero-order chi connectivity index (χ0) is 10.6. The quantitative estimate of drug-likeness (QED) is 0.777. The van der Waals surface area contributed by atoms with Crippen LogP contribution in [0.2, 0.25) is 0 Å². The predicted molar refractivity (Wildman–Crippen MR) is 56.4 cm³/mol. The lowest BCUT2D eigenvalue weighted by molar-refractivity contribution is -0.115. The van der Waals surface area contributed by atoms with Gasteiger partial charge in [0, 0.05) is 17.6 Å². The third-order valence-corrected chi connectivity index (χ3v) is 2.17. The van der Waals surface area contributed by atoms with Crippen LogP contribution in [0.15, 0.2) is 0 Å². The normalized spacial score (nSPS) is 10.6. The number of aryl methyl sites for hydroxylation is 1. The second kappa shape index (κ2) is 5.02. The van der Waals surface area contributed by atoms with E-state index < -0.39 is 0 Å². The number of anilines is 1. The third kappa shape index (κ3) is 3.80. The first-order valence-electron chi connectivity index (χ1n) is 4.41. The molecule has 78 valence electrons. The predicted octanol–water partition coefficient (Wildman–Crippen LogP) is 0.783. The summed E-state index contributed by atoms with van der Waals surface area (Å²) < 4.78 is 3.96. The smallest absolute Gasteiger partial charge is 0.240 e. The van der Waals surface area contributed by atoms with Crippen LogP contribution in [0.3, 0.4) is 0 Å². The molecule has 0 fully saturated rings. The molecule has 1 heterocycles. The molecule has 0 aliphatic heterocycles. The van der Waals surface area contributed by atoms with Gasteiger partial charge in [-0.2, -0.15) is 4.37 Å². The van der Waals surface area contributed by atoms with Gasteiger partial charge in [-0.05, 0) is 6.92 Å². The average molecular weight is 214 g/mol. The maximum atomic E-state index is 11.3. The first-order valence-corrected chi connectivity index (χ1v) is 5.19. The molecule has 6 heteroatoms. The minimum absolute atomic E-state index is 0.0881. The molecule has 1 aromatic rings. The van der Waals surface area contributed by atoms with E-state index in [1.54, 1.807) is 6.92 Å². The zero-order valence-electron chi connectivity index (χ0n) is 8.50. The number of carbonyl (C=O) groups is 1. The number of amides is 1. The topological polar surface area (TPSA) is 66.9 Å². The van der Waals surface area contributed by atoms with Crippen molar-refractivity contribution in [3.8, 4) is 0 Å². The molecule has 0 aliphatic rings. The van der Waals surface area contributed by atoms with E-state index in [1.807, 2.05) is 13.8 Å². The fourth-order valence-corrected chi connectivity index (χ4v) is 1.40. The SMILES string of the molecule is Cc1nsc(NC(=O)CNC(C)C)n1. The molecule has 0 aromatic carbocycles. The first-order chi connectivity index (χ1) is 6.58. The Labute approximate surface area is 87.1 Å². The molecule has 0 bridgehead atoms. The van der Waals surface area contributed by atoms with E-state index in [2.05, 4.69) is 20.0 Å². The number of nitrogens with zero attached hydrogens (tertiary/aromatic N) is 2. The van der Waals surface area contributed by atoms with E-state index in [0.717, 1.165) is 0 Å². The molecule has 1 aromatic heterocycles. The summed E-state index contributed by atoms with van der Waals surface area (Å²) in [4.78, 5) is 15.3. The molecule has 0 saturated heterocycles. The fraction of sp³-hybridized carbons (Fsp3) is 0.625. The van der Waals surface area contributed by atoms with E-state index in [1.165, 1.54) is 11.5 Å². The van der Waals surface area contributed by atoms with Gasteiger partial charge >= 0.3 is 0 Å². The van der Waals surface area contributed by atoms with Gasteiger partial charge in [0.15, 0.2) is 0 Å². The molecule has 0 spiro atoms. The highest BCUT2D eigenvalue weighted by atomic mass is 32.1. The Bertz CT molecular complexity index is 310. The van der Waals surface area contributed by atoms with Gasteiger partial charge in [0.25, 0.3) is 0 Å². The van der Waals surface area contributed by atoms with E-state index in [4.69, 9.17) is 0 Å². The van der Waals surface area contributed by atoms with Gasteiger partial charge < -0.3 is 5.32 Å². The van der Waals surface area contributed by atoms with Crippen molar-refractivity contribution >= 4 is 22.6 Å². The Balaban J connectivity index is 2.34. The highest BCUT2D eigenvalue weighted by molar-refractivity contribution is 7.09. The van der Waals surface area contributed by atoms with Crippen molar-refractivity contribution in [3.63, 3.8) is 0 Å². The highest BCUT2D eigenvalue weighted by Gasteiger charge is 2.05. The van der Waals surface area contributed by atoms with Gasteiger partial charge in [-0.25, -0.2) is 4.98 Å². The van der Waals surface area contributed by atoms with Gasteiger partial charge in [0.2, 0.25) is 11.0 Å². The molecule has 0 atom stereocenters. The third-order valence-electron chi connectivity index (χ3n) is 1.44. The molecule has 1 amide bonds. The molecule has 1 rings (SSSR count). The van der Waals surface area contributed by atoms with E-state index in [-0.39, 0.29) is 5.91 Å². The summed E-state index contributed by atoms with van der Waals surface area (Å²) >= 11 is 1.19. The van der Waals surface area contributed by atoms with Crippen LogP contribution in [0, 0.1) is 6.92 Å². The van der Waals surface area contributed by atoms with Crippen LogP contribution in [0.25, 0.3) is 0 Å². The molecule has 5 nitrogen and oxygen atoms in total. The van der Waals surface area contributed by atoms with Gasteiger partial charge in [-0.3, -0.25) is 10.1 Å². The largest absolute Gasteiger partial charge is 0.306 e. The lowest BCUT2D eigenvalue weighted by Crippen LogP contribution is -2.32. The van der Waals surface area contributed by atoms with Crippen LogP contribution in [0.5, 0.6) is 0 Å².